The topological polar surface area (TPSA) is 213 Å². The van der Waals surface area contributed by atoms with E-state index < -0.39 is 61.3 Å². The van der Waals surface area contributed by atoms with E-state index in [0.717, 1.165) is 6.08 Å². The van der Waals surface area contributed by atoms with E-state index in [2.05, 4.69) is 6.58 Å². The van der Waals surface area contributed by atoms with Gasteiger partial charge in [-0.2, -0.15) is 0 Å². The third kappa shape index (κ3) is 6.51. The third-order valence-corrected chi connectivity index (χ3v) is 6.67. The molecule has 13 nitrogen and oxygen atoms in total. The Morgan fingerprint density at radius 2 is 1.71 bits per heavy atom. The number of fused-ring (bicyclic) bond motifs is 1. The largest absolute Gasteiger partial charge is 0.507 e. The summed E-state index contributed by atoms with van der Waals surface area (Å²) in [6.45, 7) is 4.25. The van der Waals surface area contributed by atoms with Gasteiger partial charge in [0.25, 0.3) is 0 Å². The number of aliphatic hydroxyl groups excluding tert-OH is 4. The molecule has 0 radical (unpaired) electrons. The van der Waals surface area contributed by atoms with Crippen LogP contribution >= 0.6 is 0 Å². The lowest BCUT2D eigenvalue weighted by Gasteiger charge is -2.40. The maximum atomic E-state index is 12.1. The molecule has 1 fully saturated rings. The van der Waals surface area contributed by atoms with Gasteiger partial charge >= 0.3 is 5.97 Å². The molecule has 13 heteroatoms. The minimum absolute atomic E-state index is 0.0200. The zero-order valence-electron chi connectivity index (χ0n) is 21.8. The average molecular weight is 575 g/mol. The predicted octanol–water partition coefficient (Wildman–Crippen LogP) is 0.437. The molecule has 2 heterocycles. The van der Waals surface area contributed by atoms with Gasteiger partial charge in [0, 0.05) is 11.6 Å². The molecule has 2 unspecified atom stereocenters. The normalized spacial score (nSPS) is 27.3. The van der Waals surface area contributed by atoms with Gasteiger partial charge in [0.2, 0.25) is 0 Å². The Morgan fingerprint density at radius 1 is 0.976 bits per heavy atom. The number of ether oxygens (including phenoxy) is 4. The van der Waals surface area contributed by atoms with Gasteiger partial charge in [-0.25, -0.2) is 4.79 Å². The van der Waals surface area contributed by atoms with Crippen molar-refractivity contribution in [2.75, 3.05) is 13.2 Å². The molecule has 1 saturated heterocycles. The molecule has 220 valence electrons. The number of phenolic OH excluding ortho intramolecular Hbond substituents is 3. The number of phenols is 3. The molecule has 41 heavy (non-hydrogen) atoms. The minimum Gasteiger partial charge on any atom is -0.507 e. The van der Waals surface area contributed by atoms with Crippen molar-refractivity contribution in [3.63, 3.8) is 0 Å². The van der Waals surface area contributed by atoms with E-state index in [9.17, 15) is 45.3 Å². The molecule has 2 aromatic carbocycles. The number of aliphatic hydroxyl groups is 4. The zero-order chi connectivity index (χ0) is 30.0. The summed E-state index contributed by atoms with van der Waals surface area (Å²) in [5.74, 6) is -2.07. The van der Waals surface area contributed by atoms with Crippen LogP contribution in [-0.4, -0.2) is 97.5 Å². The van der Waals surface area contributed by atoms with Crippen LogP contribution in [0.4, 0.5) is 0 Å². The van der Waals surface area contributed by atoms with Crippen LogP contribution in [0.15, 0.2) is 48.6 Å². The number of hydrogen-bond donors (Lipinski definition) is 7. The third-order valence-electron chi connectivity index (χ3n) is 6.67. The summed E-state index contributed by atoms with van der Waals surface area (Å²) in [5, 5.41) is 70.6. The maximum absolute atomic E-state index is 12.1. The molecule has 0 aromatic heterocycles. The first-order valence-corrected chi connectivity index (χ1v) is 12.5. The number of ketones is 1. The van der Waals surface area contributed by atoms with E-state index in [1.54, 1.807) is 0 Å². The van der Waals surface area contributed by atoms with Crippen molar-refractivity contribution in [1.82, 2.24) is 0 Å². The number of benzene rings is 2. The van der Waals surface area contributed by atoms with Gasteiger partial charge in [0.1, 0.15) is 48.6 Å². The Morgan fingerprint density at radius 3 is 2.39 bits per heavy atom. The van der Waals surface area contributed by atoms with E-state index in [4.69, 9.17) is 18.9 Å². The molecule has 4 rings (SSSR count). The Labute approximate surface area is 233 Å². The molecular weight excluding hydrogens is 544 g/mol. The molecule has 2 aliphatic rings. The van der Waals surface area contributed by atoms with Crippen molar-refractivity contribution in [1.29, 1.82) is 0 Å². The molecule has 2 aliphatic heterocycles. The van der Waals surface area contributed by atoms with Crippen LogP contribution in [0.2, 0.25) is 0 Å². The van der Waals surface area contributed by atoms with Crippen LogP contribution in [0.25, 0.3) is 6.08 Å². The second-order valence-corrected chi connectivity index (χ2v) is 9.64. The van der Waals surface area contributed by atoms with Gasteiger partial charge < -0.3 is 54.7 Å². The lowest BCUT2D eigenvalue weighted by molar-refractivity contribution is -0.299. The maximum Gasteiger partial charge on any atom is 0.330 e. The van der Waals surface area contributed by atoms with Crippen molar-refractivity contribution < 1.29 is 64.3 Å². The molecule has 7 N–H and O–H groups in total. The summed E-state index contributed by atoms with van der Waals surface area (Å²) in [7, 11) is 0. The fourth-order valence-electron chi connectivity index (χ4n) is 4.35. The molecule has 2 aromatic rings. The van der Waals surface area contributed by atoms with Crippen LogP contribution in [0, 0.1) is 0 Å². The predicted molar refractivity (Wildman–Crippen MR) is 139 cm³/mol. The van der Waals surface area contributed by atoms with Crippen LogP contribution < -0.4 is 4.74 Å². The first kappa shape index (κ1) is 30.0. The zero-order valence-corrected chi connectivity index (χ0v) is 21.8. The fourth-order valence-corrected chi connectivity index (χ4v) is 4.35. The highest BCUT2D eigenvalue weighted by atomic mass is 16.7. The highest BCUT2D eigenvalue weighted by molar-refractivity contribution is 5.97. The second-order valence-electron chi connectivity index (χ2n) is 9.64. The van der Waals surface area contributed by atoms with Crippen LogP contribution in [0.5, 0.6) is 23.0 Å². The first-order valence-electron chi connectivity index (χ1n) is 12.5. The Hall–Kier alpha value is -3.98. The van der Waals surface area contributed by atoms with Gasteiger partial charge in [-0.1, -0.05) is 12.6 Å². The van der Waals surface area contributed by atoms with Crippen molar-refractivity contribution in [2.45, 2.75) is 49.8 Å². The second kappa shape index (κ2) is 12.3. The highest BCUT2D eigenvalue weighted by Gasteiger charge is 2.45. The number of carbonyl (C=O) groups is 2. The molecule has 0 bridgehead atoms. The average Bonchev–Trinajstić information content (AvgIpc) is 3.25. The fraction of sp³-hybridized carbons (Fsp3) is 0.357. The van der Waals surface area contributed by atoms with Gasteiger partial charge in [-0.3, -0.25) is 4.79 Å². The molecule has 0 spiro atoms. The lowest BCUT2D eigenvalue weighted by atomic mass is 9.98. The first-order chi connectivity index (χ1) is 19.4. The number of rotatable bonds is 9. The minimum atomic E-state index is -1.72. The molecule has 0 saturated carbocycles. The molecule has 0 amide bonds. The van der Waals surface area contributed by atoms with Gasteiger partial charge in [-0.05, 0) is 48.4 Å². The Kier molecular flexibility index (Phi) is 8.97. The summed E-state index contributed by atoms with van der Waals surface area (Å²) in [6.07, 6.45) is -7.72. The van der Waals surface area contributed by atoms with E-state index in [-0.39, 0.29) is 46.3 Å². The highest BCUT2D eigenvalue weighted by Crippen LogP contribution is 2.42. The molecular formula is C28H30O13. The van der Waals surface area contributed by atoms with E-state index in [0.29, 0.717) is 5.56 Å². The van der Waals surface area contributed by atoms with Crippen LogP contribution in [0.3, 0.4) is 0 Å². The van der Waals surface area contributed by atoms with E-state index in [1.807, 2.05) is 0 Å². The summed E-state index contributed by atoms with van der Waals surface area (Å²) < 4.78 is 21.8. The van der Waals surface area contributed by atoms with E-state index >= 15 is 0 Å². The smallest absolute Gasteiger partial charge is 0.330 e. The standard InChI is InChI=1S/C28H30O13/c1-12(27-23(34)16-8-18(31)15(13(2)29)9-20(16)40-27)10-39-28-26(37)25(36)24(35)21(41-28)11-38-22(33)6-4-14-3-5-17(30)19(32)7-14/h3-9,21,23-28,30-32,34-37H,1,10-11H2,2H3/b6-4+/t21-,23?,24-,25+,26-,27?,28-/m1/s1. The van der Waals surface area contributed by atoms with Gasteiger partial charge in [-0.15, -0.1) is 0 Å². The number of hydrogen-bond acceptors (Lipinski definition) is 13. The number of aromatic hydroxyl groups is 3. The van der Waals surface area contributed by atoms with Crippen LogP contribution in [0.1, 0.15) is 34.5 Å². The van der Waals surface area contributed by atoms with Crippen molar-refractivity contribution >= 4 is 17.8 Å². The monoisotopic (exact) mass is 574 g/mol. The number of esters is 1. The Bertz CT molecular complexity index is 1350. The molecule has 0 aliphatic carbocycles. The summed E-state index contributed by atoms with van der Waals surface area (Å²) in [4.78, 5) is 23.8. The Balaban J connectivity index is 1.33. The van der Waals surface area contributed by atoms with Crippen molar-refractivity contribution in [2.24, 2.45) is 0 Å². The summed E-state index contributed by atoms with van der Waals surface area (Å²) >= 11 is 0. The van der Waals surface area contributed by atoms with Crippen molar-refractivity contribution in [3.05, 3.63) is 65.3 Å². The number of carbonyl (C=O) groups excluding carboxylic acids is 2. The molecule has 7 atom stereocenters. The summed E-state index contributed by atoms with van der Waals surface area (Å²) in [6, 6.07) is 6.45. The van der Waals surface area contributed by atoms with Crippen LogP contribution in [-0.2, 0) is 19.0 Å². The van der Waals surface area contributed by atoms with Gasteiger partial charge in [0.05, 0.1) is 12.2 Å². The van der Waals surface area contributed by atoms with Crippen molar-refractivity contribution in [3.8, 4) is 23.0 Å². The lowest BCUT2D eigenvalue weighted by Crippen LogP contribution is -2.59. The SMILES string of the molecule is C=C(CO[C@@H]1O[C@H](COC(=O)/C=C/c2ccc(O)c(O)c2)[C@@H](O)[C@H](O)[C@H]1O)C1Oc2cc(C(C)=O)c(O)cc2C1O. The number of Topliss-reactive ketones (excluding diaryl/α,β-unsaturated/α-hetero) is 1. The van der Waals surface area contributed by atoms with Gasteiger partial charge in [0.15, 0.2) is 29.7 Å². The summed E-state index contributed by atoms with van der Waals surface area (Å²) in [5.41, 5.74) is 0.854. The quantitative estimate of drug-likeness (QED) is 0.0713. The van der Waals surface area contributed by atoms with E-state index in [1.165, 1.54) is 43.3 Å².